The lowest BCUT2D eigenvalue weighted by molar-refractivity contribution is -0.149. The van der Waals surface area contributed by atoms with Crippen LogP contribution in [0.1, 0.15) is 21.9 Å². The molecular formula is C23H18N2O6S2. The number of carboxylic acids is 1. The quantitative estimate of drug-likeness (QED) is 0.519. The Morgan fingerprint density at radius 2 is 1.76 bits per heavy atom. The van der Waals surface area contributed by atoms with Crippen molar-refractivity contribution >= 4 is 40.9 Å². The number of aliphatic carboxylic acids is 1. The summed E-state index contributed by atoms with van der Waals surface area (Å²) in [6.07, 6.45) is 0. The third-order valence-electron chi connectivity index (χ3n) is 5.70. The normalized spacial score (nSPS) is 21.6. The molecule has 3 atom stereocenters. The lowest BCUT2D eigenvalue weighted by atomic mass is 9.82. The molecule has 2 unspecified atom stereocenters. The molecule has 2 aromatic carbocycles. The highest BCUT2D eigenvalue weighted by molar-refractivity contribution is 8.00. The summed E-state index contributed by atoms with van der Waals surface area (Å²) in [5.41, 5.74) is 1.65. The molecule has 2 amide bonds. The van der Waals surface area contributed by atoms with Gasteiger partial charge in [-0.3, -0.25) is 24.1 Å². The van der Waals surface area contributed by atoms with Gasteiger partial charge in [0.15, 0.2) is 0 Å². The first kappa shape index (κ1) is 21.5. The molecule has 1 fully saturated rings. The number of para-hydroxylation sites is 1. The van der Waals surface area contributed by atoms with Crippen LogP contribution in [0.2, 0.25) is 0 Å². The molecule has 1 aromatic heterocycles. The van der Waals surface area contributed by atoms with Gasteiger partial charge in [-0.15, -0.1) is 0 Å². The minimum Gasteiger partial charge on any atom is -0.489 e. The van der Waals surface area contributed by atoms with E-state index in [4.69, 9.17) is 4.74 Å². The number of nitrogens with one attached hydrogen (secondary N) is 1. The van der Waals surface area contributed by atoms with Gasteiger partial charge in [-0.25, -0.2) is 0 Å². The highest BCUT2D eigenvalue weighted by Crippen LogP contribution is 2.53. The molecule has 0 saturated carbocycles. The number of fused-ring (bicyclic) bond motifs is 2. The zero-order chi connectivity index (χ0) is 23.1. The smallest absolute Gasteiger partial charge is 0.323 e. The number of likely N-dealkylation sites (tertiary alicyclic amines) is 1. The Morgan fingerprint density at radius 1 is 1.03 bits per heavy atom. The fraction of sp³-hybridized carbons (Fsp3) is 0.217. The van der Waals surface area contributed by atoms with Gasteiger partial charge in [-0.1, -0.05) is 71.6 Å². The number of hydrogen-bond acceptors (Lipinski definition) is 7. The van der Waals surface area contributed by atoms with E-state index in [-0.39, 0.29) is 4.87 Å². The van der Waals surface area contributed by atoms with Gasteiger partial charge in [0.05, 0.1) is 10.9 Å². The van der Waals surface area contributed by atoms with Crippen LogP contribution >= 0.6 is 23.1 Å². The van der Waals surface area contributed by atoms with Crippen LogP contribution < -0.4 is 9.61 Å². The Kier molecular flexibility index (Phi) is 5.55. The monoisotopic (exact) mass is 482 g/mol. The number of nitrogens with zero attached hydrogens (tertiary/aromatic N) is 1. The van der Waals surface area contributed by atoms with Crippen molar-refractivity contribution in [1.82, 2.24) is 9.88 Å². The fourth-order valence-electron chi connectivity index (χ4n) is 4.30. The minimum absolute atomic E-state index is 0.276. The summed E-state index contributed by atoms with van der Waals surface area (Å²) in [5.74, 6) is -3.26. The molecule has 2 aliphatic heterocycles. The number of hydrogen-bond donors (Lipinski definition) is 2. The maximum absolute atomic E-state index is 13.3. The molecule has 33 heavy (non-hydrogen) atoms. The van der Waals surface area contributed by atoms with Crippen molar-refractivity contribution in [1.29, 1.82) is 0 Å². The number of imide groups is 1. The van der Waals surface area contributed by atoms with Gasteiger partial charge in [0.1, 0.15) is 24.2 Å². The number of carbonyl (C=O) groups excluding carboxylic acids is 2. The van der Waals surface area contributed by atoms with Crippen molar-refractivity contribution in [3.8, 4) is 5.75 Å². The first-order chi connectivity index (χ1) is 15.9. The van der Waals surface area contributed by atoms with Crippen LogP contribution in [0, 0.1) is 5.92 Å². The highest BCUT2D eigenvalue weighted by atomic mass is 32.2. The molecule has 3 heterocycles. The zero-order valence-electron chi connectivity index (χ0n) is 17.1. The molecule has 8 nitrogen and oxygen atoms in total. The summed E-state index contributed by atoms with van der Waals surface area (Å²) < 4.78 is 6.11. The van der Waals surface area contributed by atoms with Gasteiger partial charge in [0.25, 0.3) is 0 Å². The van der Waals surface area contributed by atoms with Crippen LogP contribution in [-0.2, 0) is 21.0 Å². The van der Waals surface area contributed by atoms with Gasteiger partial charge in [-0.05, 0) is 11.6 Å². The third-order valence-corrected chi connectivity index (χ3v) is 8.10. The summed E-state index contributed by atoms with van der Waals surface area (Å²) in [7, 11) is 0. The van der Waals surface area contributed by atoms with E-state index >= 15 is 0 Å². The van der Waals surface area contributed by atoms with Crippen molar-refractivity contribution in [2.45, 2.75) is 22.8 Å². The fourth-order valence-corrected chi connectivity index (χ4v) is 6.83. The first-order valence-electron chi connectivity index (χ1n) is 10.2. The summed E-state index contributed by atoms with van der Waals surface area (Å²) in [4.78, 5) is 53.7. The van der Waals surface area contributed by atoms with Gasteiger partial charge in [0, 0.05) is 16.4 Å². The summed E-state index contributed by atoms with van der Waals surface area (Å²) in [5, 5.41) is 8.92. The maximum atomic E-state index is 13.3. The average molecular weight is 483 g/mol. The average Bonchev–Trinajstić information content (AvgIpc) is 3.29. The number of carbonyl (C=O) groups is 3. The van der Waals surface area contributed by atoms with E-state index in [2.05, 4.69) is 4.98 Å². The van der Waals surface area contributed by atoms with Crippen LogP contribution in [0.25, 0.3) is 0 Å². The number of rotatable bonds is 6. The Bertz CT molecular complexity index is 1300. The number of H-pyrrole nitrogens is 1. The molecule has 168 valence electrons. The van der Waals surface area contributed by atoms with Crippen molar-refractivity contribution in [2.75, 3.05) is 6.54 Å². The summed E-state index contributed by atoms with van der Waals surface area (Å²) >= 11 is 2.11. The second-order valence-corrected chi connectivity index (χ2v) is 9.88. The number of thioether (sulfide) groups is 1. The van der Waals surface area contributed by atoms with E-state index in [0.717, 1.165) is 33.6 Å². The third kappa shape index (κ3) is 3.85. The Balaban J connectivity index is 1.57. The molecule has 2 N–H and O–H groups in total. The molecule has 0 bridgehead atoms. The Hall–Kier alpha value is -3.37. The number of ether oxygens (including phenoxy) is 1. The number of benzene rings is 2. The van der Waals surface area contributed by atoms with Gasteiger partial charge in [0.2, 0.25) is 11.8 Å². The van der Waals surface area contributed by atoms with Gasteiger partial charge < -0.3 is 14.8 Å². The van der Waals surface area contributed by atoms with Crippen molar-refractivity contribution in [3.05, 3.63) is 80.3 Å². The van der Waals surface area contributed by atoms with Crippen molar-refractivity contribution in [3.63, 3.8) is 0 Å². The van der Waals surface area contributed by atoms with Crippen LogP contribution in [0.4, 0.5) is 0 Å². The Morgan fingerprint density at radius 3 is 2.52 bits per heavy atom. The number of aromatic nitrogens is 1. The van der Waals surface area contributed by atoms with E-state index in [1.54, 1.807) is 6.07 Å². The van der Waals surface area contributed by atoms with Crippen molar-refractivity contribution < 1.29 is 24.2 Å². The van der Waals surface area contributed by atoms with E-state index in [1.807, 2.05) is 48.5 Å². The van der Waals surface area contributed by atoms with Crippen LogP contribution in [0.15, 0.2) is 64.4 Å². The molecule has 5 rings (SSSR count). The predicted octanol–water partition coefficient (Wildman–Crippen LogP) is 2.69. The number of thiazole rings is 1. The molecular weight excluding hydrogens is 464 g/mol. The molecule has 0 aliphatic carbocycles. The van der Waals surface area contributed by atoms with Crippen LogP contribution in [0.5, 0.6) is 5.75 Å². The van der Waals surface area contributed by atoms with Crippen LogP contribution in [0.3, 0.4) is 0 Å². The largest absolute Gasteiger partial charge is 0.489 e. The molecule has 1 saturated heterocycles. The molecule has 0 spiro atoms. The second-order valence-electron chi connectivity index (χ2n) is 7.72. The molecule has 2 aliphatic rings. The highest BCUT2D eigenvalue weighted by Gasteiger charge is 2.56. The lowest BCUT2D eigenvalue weighted by Gasteiger charge is -2.30. The van der Waals surface area contributed by atoms with E-state index < -0.39 is 41.4 Å². The van der Waals surface area contributed by atoms with Gasteiger partial charge >= 0.3 is 10.8 Å². The molecule has 0 radical (unpaired) electrons. The SMILES string of the molecule is O=C(O)CN1C(=O)C2Sc3[nH]c(=O)sc3[C@H](c3ccccc3OCc3ccccc3)C2C1=O. The topological polar surface area (TPSA) is 117 Å². The predicted molar refractivity (Wildman–Crippen MR) is 121 cm³/mol. The Labute approximate surface area is 196 Å². The van der Waals surface area contributed by atoms with Crippen molar-refractivity contribution in [2.24, 2.45) is 5.92 Å². The maximum Gasteiger partial charge on any atom is 0.323 e. The molecule has 10 heteroatoms. The van der Waals surface area contributed by atoms with Gasteiger partial charge in [-0.2, -0.15) is 0 Å². The number of amides is 2. The molecule has 3 aromatic rings. The summed E-state index contributed by atoms with van der Waals surface area (Å²) in [6.45, 7) is -0.379. The van der Waals surface area contributed by atoms with E-state index in [9.17, 15) is 24.3 Å². The number of carboxylic acid groups (broad SMARTS) is 1. The first-order valence-corrected chi connectivity index (χ1v) is 11.9. The zero-order valence-corrected chi connectivity index (χ0v) is 18.7. The van der Waals surface area contributed by atoms with E-state index in [0.29, 0.717) is 27.8 Å². The van der Waals surface area contributed by atoms with Crippen LogP contribution in [-0.4, -0.2) is 44.6 Å². The summed E-state index contributed by atoms with van der Waals surface area (Å²) in [6, 6.07) is 16.9. The van der Waals surface area contributed by atoms with E-state index in [1.165, 1.54) is 0 Å². The standard InChI is InChI=1S/C23H18N2O6S2/c26-15(27)10-25-21(28)17-16(18-20(24-23(30)33-18)32-19(17)22(25)29)13-8-4-5-9-14(13)31-11-12-6-2-1-3-7-12/h1-9,16-17,19H,10-11H2,(H,24,30)(H,26,27)/t16-,17?,19?/m1/s1. The number of aromatic amines is 1. The lowest BCUT2D eigenvalue weighted by Crippen LogP contribution is -2.36. The minimum atomic E-state index is -1.26. The second kappa shape index (κ2) is 8.53.